The monoisotopic (exact) mass is 397 g/mol. The number of hydrogen-bond donors (Lipinski definition) is 4. The molecule has 0 radical (unpaired) electrons. The molecule has 148 valence electrons. The zero-order valence-corrected chi connectivity index (χ0v) is 16.2. The highest BCUT2D eigenvalue weighted by molar-refractivity contribution is 7.52. The Morgan fingerprint density at radius 1 is 1.15 bits per heavy atom. The Balaban J connectivity index is 1.79. The standard InChI is InChI=1S/C16H24N5O5P/c1-3-25-27(24,26-4-2)21-16(23)18-11-7-10-17-14-12-8-5-6-9-13(12)15(22)20-19-14/h5-6,8-9H,3-4,7,10-11H2,1-2H3,(H,17,19)(H,20,22)(H2,18,21,23,24). The largest absolute Gasteiger partial charge is 0.436 e. The third-order valence-electron chi connectivity index (χ3n) is 3.46. The minimum Gasteiger partial charge on any atom is -0.368 e. The Labute approximate surface area is 156 Å². The van der Waals surface area contributed by atoms with Gasteiger partial charge in [0.25, 0.3) is 5.56 Å². The molecule has 2 amide bonds. The number of anilines is 1. The number of carbonyl (C=O) groups is 1. The number of hydrogen-bond acceptors (Lipinski definition) is 7. The molecule has 2 aromatic rings. The molecule has 0 spiro atoms. The SMILES string of the molecule is CCOP(=O)(NC(=O)NCCCNc1n[nH]c(=O)c2ccccc12)OCC. The van der Waals surface area contributed by atoms with Gasteiger partial charge >= 0.3 is 13.8 Å². The van der Waals surface area contributed by atoms with Gasteiger partial charge in [0.15, 0.2) is 5.82 Å². The van der Waals surface area contributed by atoms with Crippen molar-refractivity contribution in [3.05, 3.63) is 34.6 Å². The van der Waals surface area contributed by atoms with E-state index < -0.39 is 13.8 Å². The van der Waals surface area contributed by atoms with Gasteiger partial charge < -0.3 is 10.6 Å². The first kappa shape index (κ1) is 20.9. The van der Waals surface area contributed by atoms with E-state index in [0.717, 1.165) is 5.39 Å². The highest BCUT2D eigenvalue weighted by Crippen LogP contribution is 2.43. The molecule has 0 atom stereocenters. The van der Waals surface area contributed by atoms with Crippen LogP contribution >= 0.6 is 7.75 Å². The first-order valence-corrected chi connectivity index (χ1v) is 10.2. The molecule has 2 rings (SSSR count). The molecule has 0 aliphatic carbocycles. The van der Waals surface area contributed by atoms with Crippen molar-refractivity contribution in [3.8, 4) is 0 Å². The molecule has 0 unspecified atom stereocenters. The van der Waals surface area contributed by atoms with Crippen LogP contribution in [0.15, 0.2) is 29.1 Å². The van der Waals surface area contributed by atoms with Crippen LogP contribution < -0.4 is 21.3 Å². The predicted molar refractivity (Wildman–Crippen MR) is 103 cm³/mol. The second kappa shape index (κ2) is 10.1. The van der Waals surface area contributed by atoms with Gasteiger partial charge in [-0.05, 0) is 26.3 Å². The third-order valence-corrected chi connectivity index (χ3v) is 5.14. The van der Waals surface area contributed by atoms with Gasteiger partial charge in [-0.15, -0.1) is 0 Å². The molecular formula is C16H24N5O5P. The van der Waals surface area contributed by atoms with Crippen molar-refractivity contribution in [2.24, 2.45) is 0 Å². The lowest BCUT2D eigenvalue weighted by Crippen LogP contribution is -2.35. The highest BCUT2D eigenvalue weighted by Gasteiger charge is 2.26. The molecule has 0 saturated carbocycles. The van der Waals surface area contributed by atoms with Crippen molar-refractivity contribution in [1.29, 1.82) is 0 Å². The van der Waals surface area contributed by atoms with Crippen LogP contribution in [-0.4, -0.2) is 42.5 Å². The smallest absolute Gasteiger partial charge is 0.368 e. The van der Waals surface area contributed by atoms with Gasteiger partial charge in [0.1, 0.15) is 0 Å². The van der Waals surface area contributed by atoms with Crippen LogP contribution in [0.1, 0.15) is 20.3 Å². The number of H-pyrrole nitrogens is 1. The Morgan fingerprint density at radius 2 is 1.81 bits per heavy atom. The van der Waals surface area contributed by atoms with Crippen LogP contribution in [0.2, 0.25) is 0 Å². The fraction of sp³-hybridized carbons (Fsp3) is 0.438. The molecular weight excluding hydrogens is 373 g/mol. The quantitative estimate of drug-likeness (QED) is 0.357. The number of amides is 2. The second-order valence-corrected chi connectivity index (χ2v) is 7.16. The number of fused-ring (bicyclic) bond motifs is 1. The van der Waals surface area contributed by atoms with Crippen molar-refractivity contribution < 1.29 is 18.4 Å². The molecule has 0 aliphatic heterocycles. The summed E-state index contributed by atoms with van der Waals surface area (Å²) < 4.78 is 22.2. The van der Waals surface area contributed by atoms with Gasteiger partial charge in [-0.25, -0.2) is 19.5 Å². The van der Waals surface area contributed by atoms with E-state index in [1.807, 2.05) is 12.1 Å². The summed E-state index contributed by atoms with van der Waals surface area (Å²) >= 11 is 0. The number of nitrogens with one attached hydrogen (secondary N) is 4. The summed E-state index contributed by atoms with van der Waals surface area (Å²) in [5, 5.41) is 15.7. The van der Waals surface area contributed by atoms with E-state index >= 15 is 0 Å². The van der Waals surface area contributed by atoms with Crippen LogP contribution in [0.3, 0.4) is 0 Å². The maximum atomic E-state index is 12.2. The van der Waals surface area contributed by atoms with E-state index in [-0.39, 0.29) is 18.8 Å². The van der Waals surface area contributed by atoms with E-state index in [2.05, 4.69) is 25.9 Å². The Hall–Kier alpha value is -2.42. The van der Waals surface area contributed by atoms with Crippen molar-refractivity contribution >= 4 is 30.4 Å². The lowest BCUT2D eigenvalue weighted by molar-refractivity contribution is 0.206. The molecule has 11 heteroatoms. The fourth-order valence-electron chi connectivity index (χ4n) is 2.35. The van der Waals surface area contributed by atoms with E-state index in [0.29, 0.717) is 30.7 Å². The van der Waals surface area contributed by atoms with Crippen LogP contribution in [0.5, 0.6) is 0 Å². The number of nitrogens with zero attached hydrogens (tertiary/aromatic N) is 1. The van der Waals surface area contributed by atoms with Crippen molar-refractivity contribution in [2.75, 3.05) is 31.6 Å². The first-order valence-electron chi connectivity index (χ1n) is 8.65. The minimum absolute atomic E-state index is 0.154. The Morgan fingerprint density at radius 3 is 2.48 bits per heavy atom. The number of aromatic amines is 1. The molecule has 0 saturated heterocycles. The summed E-state index contributed by atoms with van der Waals surface area (Å²) in [6.07, 6.45) is 0.579. The van der Waals surface area contributed by atoms with Gasteiger partial charge in [0.05, 0.1) is 18.6 Å². The summed E-state index contributed by atoms with van der Waals surface area (Å²) in [6, 6.07) is 6.52. The Bertz CT molecular complexity index is 862. The average molecular weight is 397 g/mol. The number of aromatic nitrogens is 2. The van der Waals surface area contributed by atoms with E-state index in [1.165, 1.54) is 0 Å². The van der Waals surface area contributed by atoms with Gasteiger partial charge in [-0.2, -0.15) is 5.10 Å². The lowest BCUT2D eigenvalue weighted by Gasteiger charge is -2.17. The zero-order valence-electron chi connectivity index (χ0n) is 15.3. The summed E-state index contributed by atoms with van der Waals surface area (Å²) in [4.78, 5) is 23.6. The number of benzene rings is 1. The minimum atomic E-state index is -3.63. The van der Waals surface area contributed by atoms with Crippen LogP contribution in [-0.2, 0) is 13.6 Å². The summed E-state index contributed by atoms with van der Waals surface area (Å²) in [7, 11) is -3.63. The maximum absolute atomic E-state index is 12.2. The van der Waals surface area contributed by atoms with E-state index in [1.54, 1.807) is 26.0 Å². The average Bonchev–Trinajstić information content (AvgIpc) is 2.63. The summed E-state index contributed by atoms with van der Waals surface area (Å²) in [5.41, 5.74) is -0.248. The molecule has 1 heterocycles. The van der Waals surface area contributed by atoms with Gasteiger partial charge in [-0.1, -0.05) is 18.2 Å². The zero-order chi connectivity index (χ0) is 19.7. The van der Waals surface area contributed by atoms with Gasteiger partial charge in [0, 0.05) is 18.5 Å². The number of carbonyl (C=O) groups excluding carboxylic acids is 1. The lowest BCUT2D eigenvalue weighted by atomic mass is 10.2. The van der Waals surface area contributed by atoms with Gasteiger partial charge in [0.2, 0.25) is 0 Å². The molecule has 0 fully saturated rings. The summed E-state index contributed by atoms with van der Waals surface area (Å²) in [6.45, 7) is 4.47. The summed E-state index contributed by atoms with van der Waals surface area (Å²) in [5.74, 6) is 0.562. The van der Waals surface area contributed by atoms with Crippen molar-refractivity contribution in [2.45, 2.75) is 20.3 Å². The number of rotatable bonds is 10. The topological polar surface area (TPSA) is 134 Å². The van der Waals surface area contributed by atoms with Crippen molar-refractivity contribution in [3.63, 3.8) is 0 Å². The van der Waals surface area contributed by atoms with E-state index in [9.17, 15) is 14.2 Å². The van der Waals surface area contributed by atoms with Crippen molar-refractivity contribution in [1.82, 2.24) is 20.6 Å². The Kier molecular flexibility index (Phi) is 7.78. The highest BCUT2D eigenvalue weighted by atomic mass is 31.2. The normalized spacial score (nSPS) is 11.3. The molecule has 0 aliphatic rings. The van der Waals surface area contributed by atoms with E-state index in [4.69, 9.17) is 9.05 Å². The fourth-order valence-corrected chi connectivity index (χ4v) is 3.56. The third kappa shape index (κ3) is 6.06. The van der Waals surface area contributed by atoms with Gasteiger partial charge in [-0.3, -0.25) is 13.8 Å². The number of urea groups is 1. The van der Waals surface area contributed by atoms with Crippen LogP contribution in [0.25, 0.3) is 10.8 Å². The molecule has 4 N–H and O–H groups in total. The van der Waals surface area contributed by atoms with Crippen LogP contribution in [0, 0.1) is 0 Å². The first-order chi connectivity index (χ1) is 13.0. The van der Waals surface area contributed by atoms with Crippen LogP contribution in [0.4, 0.5) is 10.6 Å². The molecule has 27 heavy (non-hydrogen) atoms. The molecule has 1 aromatic carbocycles. The molecule has 10 nitrogen and oxygen atoms in total. The second-order valence-electron chi connectivity index (χ2n) is 5.43. The molecule has 1 aromatic heterocycles. The predicted octanol–water partition coefficient (Wildman–Crippen LogP) is 2.21. The maximum Gasteiger partial charge on any atom is 0.436 e. The molecule has 0 bridgehead atoms.